The maximum atomic E-state index is 14.5. The predicted molar refractivity (Wildman–Crippen MR) is 495 cm³/mol. The van der Waals surface area contributed by atoms with Crippen LogP contribution in [0.2, 0.25) is 0 Å². The monoisotopic (exact) mass is 1920 g/mol. The van der Waals surface area contributed by atoms with Crippen molar-refractivity contribution in [3.63, 3.8) is 0 Å². The van der Waals surface area contributed by atoms with E-state index in [2.05, 4.69) is 101 Å². The lowest BCUT2D eigenvalue weighted by Gasteiger charge is -2.36. The Bertz CT molecular complexity index is 4630. The van der Waals surface area contributed by atoms with Gasteiger partial charge in [0, 0.05) is 32.7 Å². The first-order valence-electron chi connectivity index (χ1n) is 44.7. The second-order valence-corrected chi connectivity index (χ2v) is 40.1. The summed E-state index contributed by atoms with van der Waals surface area (Å²) in [5.41, 5.74) is -0.855. The fraction of sp³-hybridized carbons (Fsp3) is 0.674. The summed E-state index contributed by atoms with van der Waals surface area (Å²) < 4.78 is 0. The minimum Gasteiger partial charge on any atom is -0.394 e. The number of likely N-dealkylation sites (tertiary alicyclic amines) is 1. The molecular weight excluding hydrogens is 1780 g/mol. The molecule has 0 spiro atoms. The van der Waals surface area contributed by atoms with Gasteiger partial charge < -0.3 is 128 Å². The highest BCUT2D eigenvalue weighted by Crippen LogP contribution is 2.25. The van der Waals surface area contributed by atoms with Gasteiger partial charge in [0.1, 0.15) is 104 Å². The number of nitrogens with zero attached hydrogens (tertiary/aromatic N) is 1. The number of rotatable bonds is 52. The van der Waals surface area contributed by atoms with Crippen molar-refractivity contribution in [2.75, 3.05) is 19.7 Å². The van der Waals surface area contributed by atoms with Crippen LogP contribution in [0.25, 0.3) is 0 Å². The molecule has 23 amide bonds. The molecule has 1 saturated heterocycles. The smallest absolute Gasteiger partial charge is 0.248 e. The van der Waals surface area contributed by atoms with E-state index in [0.717, 1.165) is 5.56 Å². The van der Waals surface area contributed by atoms with E-state index in [-0.39, 0.29) is 32.2 Å². The number of primary amides is 3. The molecule has 1 aromatic carbocycles. The van der Waals surface area contributed by atoms with Crippen molar-refractivity contribution < 1.29 is 115 Å². The molecule has 1 aromatic rings. The molecule has 47 nitrogen and oxygen atoms in total. The van der Waals surface area contributed by atoms with Gasteiger partial charge in [0.05, 0.1) is 19.2 Å². The van der Waals surface area contributed by atoms with Crippen molar-refractivity contribution in [2.45, 2.75) is 354 Å². The zero-order valence-corrected chi connectivity index (χ0v) is 83.2. The normalized spacial score (nSPS) is 15.1. The first-order valence-corrected chi connectivity index (χ1v) is 44.7. The Kier molecular flexibility index (Phi) is 42.9. The molecule has 1 heterocycles. The van der Waals surface area contributed by atoms with E-state index in [0.29, 0.717) is 6.42 Å². The van der Waals surface area contributed by atoms with Crippen LogP contribution >= 0.6 is 0 Å². The molecule has 0 radical (unpaired) electrons. The summed E-state index contributed by atoms with van der Waals surface area (Å²) >= 11 is 0. The molecular formula is C89H147N23O24. The standard InChI is InChI=1S/C89H147N23O24/c1-45(2)60(68(125)108-88(24,25)78(135)110-84(16,17)73(130)98-53(36-39-57(91)116)65(122)97-52(35-38-56(90)115)64(121)96-51(44-113)42-50-32-29-28-30-33-50)100-67(124)55-34-31-41-112(55)79(136)89(26,27)111-76(133)86(20,21)103-59(118)43-93-70(127)80(8,9)107-69(126)61(46(3)4)101-75(132)83(14,15)106-66(123)54(37-40-58(92)117)99-74(131)85(18,19)109-77(134)87(22,23)105-63(120)48(6)95-72(129)82(12,13)104-62(119)47(5)94-71(128)81(10,11)102-49(7)114/h28-30,32-33,45-48,51-55,60-61,113H,31,34-44H2,1-27H3,(H2,90,115)(H2,91,116)(H2,92,117)(H,93,127)(H,94,128)(H,95,129)(H,96,121)(H,97,122)(H,98,130)(H,99,131)(H,100,124)(H,101,132)(H,102,114)(H,103,118)(H,104,119)(H,105,120)(H,106,123)(H,107,126)(H,108,125)(H,109,134)(H,110,135)(H,111,133)/t47-,48-,51-,52-,53-,54-,55-,60-,61-/m0/s1. The highest BCUT2D eigenvalue weighted by atomic mass is 16.3. The molecule has 0 saturated carbocycles. The minimum absolute atomic E-state index is 0.0213. The number of carbonyl (C=O) groups is 23. The lowest BCUT2D eigenvalue weighted by molar-refractivity contribution is -0.146. The Morgan fingerprint density at radius 3 is 1.08 bits per heavy atom. The SMILES string of the molecule is CC(=O)NC(C)(C)C(=O)N[C@@H](C)C(=O)NC(C)(C)C(=O)N[C@@H](C)C(=O)NC(C)(C)C(=O)NC(C)(C)C(=O)N[C@@H](CCC(N)=O)C(=O)NC(C)(C)C(=O)N[C@H](C(=O)NC(C)(C)C(=O)NCC(=O)NC(C)(C)C(=O)NC(C)(C)C(=O)N1CCC[C@H]1C(=O)N[C@H](C(=O)NC(C)(C)C(=O)NC(C)(C)C(=O)N[C@@H](CCC(N)=O)C(=O)N[C@@H](CCC(N)=O)C(=O)N[C@H](CO)Cc1ccccc1)C(C)C)C(C)C. The number of hydrogen-bond donors (Lipinski definition) is 23. The van der Waals surface area contributed by atoms with Gasteiger partial charge in [-0.2, -0.15) is 0 Å². The zero-order chi connectivity index (χ0) is 105. The summed E-state index contributed by atoms with van der Waals surface area (Å²) in [5, 5.41) is 57.9. The molecule has 762 valence electrons. The van der Waals surface area contributed by atoms with Gasteiger partial charge in [-0.1, -0.05) is 58.0 Å². The van der Waals surface area contributed by atoms with Gasteiger partial charge in [0.2, 0.25) is 136 Å². The number of aliphatic hydroxyl groups excluding tert-OH is 1. The van der Waals surface area contributed by atoms with Crippen LogP contribution in [0, 0.1) is 11.8 Å². The van der Waals surface area contributed by atoms with Crippen molar-refractivity contribution in [1.29, 1.82) is 0 Å². The Morgan fingerprint density at radius 1 is 0.360 bits per heavy atom. The Balaban J connectivity index is 2.14. The minimum atomic E-state index is -1.92. The summed E-state index contributed by atoms with van der Waals surface area (Å²) in [5.74, 6) is -21.4. The molecule has 1 aliphatic rings. The molecule has 136 heavy (non-hydrogen) atoms. The summed E-state index contributed by atoms with van der Waals surface area (Å²) in [4.78, 5) is 312. The van der Waals surface area contributed by atoms with Gasteiger partial charge in [-0.15, -0.1) is 0 Å². The fourth-order valence-corrected chi connectivity index (χ4v) is 13.2. The van der Waals surface area contributed by atoms with Gasteiger partial charge >= 0.3 is 0 Å². The van der Waals surface area contributed by atoms with E-state index in [1.54, 1.807) is 58.0 Å². The van der Waals surface area contributed by atoms with Crippen molar-refractivity contribution >= 4 is 136 Å². The van der Waals surface area contributed by atoms with Crippen molar-refractivity contribution in [2.24, 2.45) is 29.0 Å². The summed E-state index contributed by atoms with van der Waals surface area (Å²) in [6.07, 6.45) is -1.83. The van der Waals surface area contributed by atoms with Gasteiger partial charge in [-0.05, 0) is 208 Å². The van der Waals surface area contributed by atoms with E-state index in [1.165, 1.54) is 164 Å². The Hall–Kier alpha value is -13.0. The molecule has 1 fully saturated rings. The van der Waals surface area contributed by atoms with Crippen LogP contribution in [0.1, 0.15) is 244 Å². The number of amides is 23. The van der Waals surface area contributed by atoms with Crippen LogP contribution in [0.4, 0.5) is 0 Å². The third kappa shape index (κ3) is 37.0. The third-order valence-electron chi connectivity index (χ3n) is 22.0. The largest absolute Gasteiger partial charge is 0.394 e. The second kappa shape index (κ2) is 49.0. The molecule has 0 bridgehead atoms. The first-order chi connectivity index (χ1) is 61.9. The summed E-state index contributed by atoms with van der Waals surface area (Å²) in [6, 6.07) is -3.12. The van der Waals surface area contributed by atoms with Crippen LogP contribution in [0.3, 0.4) is 0 Å². The number of nitrogens with two attached hydrogens (primary N) is 3. The first kappa shape index (κ1) is 119. The average Bonchev–Trinajstić information content (AvgIpc) is 1.74. The van der Waals surface area contributed by atoms with Crippen LogP contribution in [-0.2, 0) is 117 Å². The fourth-order valence-electron chi connectivity index (χ4n) is 13.2. The lowest BCUT2D eigenvalue weighted by atomic mass is 9.96. The van der Waals surface area contributed by atoms with Gasteiger partial charge in [0.15, 0.2) is 0 Å². The highest BCUT2D eigenvalue weighted by Gasteiger charge is 2.49. The average molecular weight is 1920 g/mol. The Morgan fingerprint density at radius 2 is 0.684 bits per heavy atom. The molecule has 0 aliphatic carbocycles. The van der Waals surface area contributed by atoms with Gasteiger partial charge in [-0.25, -0.2) is 0 Å². The van der Waals surface area contributed by atoms with E-state index in [9.17, 15) is 115 Å². The third-order valence-corrected chi connectivity index (χ3v) is 22.0. The number of benzene rings is 1. The molecule has 0 aromatic heterocycles. The van der Waals surface area contributed by atoms with Crippen molar-refractivity contribution in [3.05, 3.63) is 35.9 Å². The van der Waals surface area contributed by atoms with Crippen molar-refractivity contribution in [1.82, 2.24) is 106 Å². The summed E-state index contributed by atoms with van der Waals surface area (Å²) in [6.45, 7) is 34.9. The van der Waals surface area contributed by atoms with E-state index >= 15 is 0 Å². The van der Waals surface area contributed by atoms with Crippen LogP contribution in [-0.4, -0.2) is 275 Å². The summed E-state index contributed by atoms with van der Waals surface area (Å²) in [7, 11) is 0. The van der Waals surface area contributed by atoms with Crippen LogP contribution < -0.4 is 118 Å². The maximum Gasteiger partial charge on any atom is 0.248 e. The van der Waals surface area contributed by atoms with Crippen molar-refractivity contribution in [3.8, 4) is 0 Å². The number of aliphatic hydroxyl groups is 1. The van der Waals surface area contributed by atoms with Crippen LogP contribution in [0.5, 0.6) is 0 Å². The molecule has 9 atom stereocenters. The number of carbonyl (C=O) groups excluding carboxylic acids is 23. The molecule has 2 rings (SSSR count). The predicted octanol–water partition coefficient (Wildman–Crippen LogP) is -5.68. The maximum absolute atomic E-state index is 14.5. The van der Waals surface area contributed by atoms with Gasteiger partial charge in [-0.3, -0.25) is 110 Å². The highest BCUT2D eigenvalue weighted by molar-refractivity contribution is 6.05. The quantitative estimate of drug-likeness (QED) is 0.0289. The lowest BCUT2D eigenvalue weighted by Crippen LogP contribution is -2.67. The van der Waals surface area contributed by atoms with E-state index < -0.39 is 296 Å². The van der Waals surface area contributed by atoms with E-state index in [1.807, 2.05) is 0 Å². The number of nitrogens with one attached hydrogen (secondary N) is 19. The molecule has 0 unspecified atom stereocenters. The van der Waals surface area contributed by atoms with Gasteiger partial charge in [0.25, 0.3) is 0 Å². The molecule has 47 heteroatoms. The second-order valence-electron chi connectivity index (χ2n) is 40.1. The molecule has 1 aliphatic heterocycles. The number of hydrogen-bond acceptors (Lipinski definition) is 24. The van der Waals surface area contributed by atoms with E-state index in [4.69, 9.17) is 17.2 Å². The topological polar surface area (TPSA) is 723 Å². The Labute approximate surface area is 792 Å². The molecule has 26 N–H and O–H groups in total. The van der Waals surface area contributed by atoms with Crippen LogP contribution in [0.15, 0.2) is 30.3 Å². The zero-order valence-electron chi connectivity index (χ0n) is 83.2.